The summed E-state index contributed by atoms with van der Waals surface area (Å²) in [6.07, 6.45) is 1.13. The zero-order valence-corrected chi connectivity index (χ0v) is 8.82. The van der Waals surface area contributed by atoms with Crippen LogP contribution in [0.1, 0.15) is 10.4 Å². The molecule has 0 saturated carbocycles. The van der Waals surface area contributed by atoms with Crippen LogP contribution in [0, 0.1) is 0 Å². The van der Waals surface area contributed by atoms with E-state index in [0.717, 1.165) is 6.20 Å². The fraction of sp³-hybridized carbons (Fsp3) is 0.250. The molecule has 1 aromatic heterocycles. The summed E-state index contributed by atoms with van der Waals surface area (Å²) < 4.78 is 26.9. The molecule has 2 N–H and O–H groups in total. The molecule has 0 bridgehead atoms. The van der Waals surface area contributed by atoms with E-state index in [1.807, 2.05) is 0 Å². The largest absolute Gasteiger partial charge is 0.465 e. The van der Waals surface area contributed by atoms with Crippen LogP contribution in [0.15, 0.2) is 23.4 Å². The molecular formula is C8H10N2O4S. The van der Waals surface area contributed by atoms with Gasteiger partial charge in [-0.3, -0.25) is 0 Å². The quantitative estimate of drug-likeness (QED) is 0.706. The number of aromatic nitrogens is 1. The van der Waals surface area contributed by atoms with Gasteiger partial charge in [0.2, 0.25) is 9.84 Å². The third kappa shape index (κ3) is 2.51. The van der Waals surface area contributed by atoms with E-state index in [9.17, 15) is 13.2 Å². The van der Waals surface area contributed by atoms with Crippen molar-refractivity contribution in [2.45, 2.75) is 5.03 Å². The van der Waals surface area contributed by atoms with Crippen molar-refractivity contribution in [1.82, 2.24) is 4.98 Å². The molecule has 0 saturated heterocycles. The molecule has 0 aliphatic rings. The number of ether oxygens (including phenoxy) is 1. The number of methoxy groups -OCH3 is 1. The fourth-order valence-electron chi connectivity index (χ4n) is 0.888. The van der Waals surface area contributed by atoms with Crippen LogP contribution >= 0.6 is 0 Å². The third-order valence-corrected chi connectivity index (χ3v) is 3.01. The minimum atomic E-state index is -3.53. The number of carbonyl (C=O) groups excluding carboxylic acids is 1. The highest BCUT2D eigenvalue weighted by atomic mass is 32.2. The van der Waals surface area contributed by atoms with Crippen LogP contribution < -0.4 is 5.73 Å². The van der Waals surface area contributed by atoms with Crippen molar-refractivity contribution in [3.05, 3.63) is 23.9 Å². The molecule has 0 aliphatic heterocycles. The smallest absolute Gasteiger partial charge is 0.339 e. The minimum Gasteiger partial charge on any atom is -0.465 e. The SMILES string of the molecule is COC(=O)c1ccc(S(=O)(=O)CN)nc1. The Balaban J connectivity index is 3.06. The standard InChI is InChI=1S/C8H10N2O4S/c1-14-8(11)6-2-3-7(10-4-6)15(12,13)5-9/h2-4H,5,9H2,1H3. The molecule has 6 nitrogen and oxygen atoms in total. The van der Waals surface area contributed by atoms with E-state index in [-0.39, 0.29) is 10.6 Å². The number of esters is 1. The molecule has 0 radical (unpaired) electrons. The van der Waals surface area contributed by atoms with Gasteiger partial charge in [-0.05, 0) is 12.1 Å². The van der Waals surface area contributed by atoms with Gasteiger partial charge in [-0.25, -0.2) is 18.2 Å². The molecule has 0 amide bonds. The van der Waals surface area contributed by atoms with Crippen molar-refractivity contribution in [2.75, 3.05) is 13.0 Å². The van der Waals surface area contributed by atoms with Crippen LogP contribution in [-0.4, -0.2) is 32.4 Å². The van der Waals surface area contributed by atoms with Crippen LogP contribution in [0.4, 0.5) is 0 Å². The molecule has 7 heteroatoms. The predicted octanol–water partition coefficient (Wildman–Crippen LogP) is -0.442. The third-order valence-electron chi connectivity index (χ3n) is 1.70. The Kier molecular flexibility index (Phi) is 3.38. The molecule has 0 fully saturated rings. The number of pyridine rings is 1. The zero-order chi connectivity index (χ0) is 11.5. The molecule has 1 aromatic rings. The second-order valence-electron chi connectivity index (χ2n) is 2.66. The highest BCUT2D eigenvalue weighted by Gasteiger charge is 2.14. The minimum absolute atomic E-state index is 0.155. The average molecular weight is 230 g/mol. The molecule has 0 aliphatic carbocycles. The van der Waals surface area contributed by atoms with Crippen molar-refractivity contribution in [3.8, 4) is 0 Å². The summed E-state index contributed by atoms with van der Waals surface area (Å²) >= 11 is 0. The van der Waals surface area contributed by atoms with E-state index < -0.39 is 21.7 Å². The van der Waals surface area contributed by atoms with E-state index in [1.54, 1.807) is 0 Å². The second-order valence-corrected chi connectivity index (χ2v) is 4.64. The van der Waals surface area contributed by atoms with Crippen molar-refractivity contribution in [2.24, 2.45) is 5.73 Å². The summed E-state index contributed by atoms with van der Waals surface area (Å²) in [5.41, 5.74) is 5.23. The number of sulfone groups is 1. The molecule has 82 valence electrons. The van der Waals surface area contributed by atoms with Gasteiger partial charge in [0.25, 0.3) is 0 Å². The summed E-state index contributed by atoms with van der Waals surface area (Å²) in [7, 11) is -2.30. The van der Waals surface area contributed by atoms with Gasteiger partial charge >= 0.3 is 5.97 Å². The maximum absolute atomic E-state index is 11.2. The molecule has 15 heavy (non-hydrogen) atoms. The summed E-state index contributed by atoms with van der Waals surface area (Å²) in [5.74, 6) is -1.09. The van der Waals surface area contributed by atoms with Gasteiger partial charge in [0, 0.05) is 6.20 Å². The van der Waals surface area contributed by atoms with Crippen LogP contribution in [0.5, 0.6) is 0 Å². The topological polar surface area (TPSA) is 99.4 Å². The molecular weight excluding hydrogens is 220 g/mol. The number of carbonyl (C=O) groups is 1. The van der Waals surface area contributed by atoms with E-state index >= 15 is 0 Å². The van der Waals surface area contributed by atoms with Crippen molar-refractivity contribution in [1.29, 1.82) is 0 Å². The summed E-state index contributed by atoms with van der Waals surface area (Å²) in [5, 5.41) is -0.155. The highest BCUT2D eigenvalue weighted by molar-refractivity contribution is 7.91. The fourth-order valence-corrected chi connectivity index (χ4v) is 1.55. The van der Waals surface area contributed by atoms with Gasteiger partial charge in [-0.1, -0.05) is 0 Å². The van der Waals surface area contributed by atoms with Gasteiger partial charge in [-0.15, -0.1) is 0 Å². The molecule has 1 rings (SSSR count). The van der Waals surface area contributed by atoms with Crippen molar-refractivity contribution >= 4 is 15.8 Å². The van der Waals surface area contributed by atoms with Gasteiger partial charge in [0.1, 0.15) is 5.88 Å². The van der Waals surface area contributed by atoms with Crippen molar-refractivity contribution in [3.63, 3.8) is 0 Å². The number of nitrogens with two attached hydrogens (primary N) is 1. The lowest BCUT2D eigenvalue weighted by molar-refractivity contribution is 0.0600. The first-order chi connectivity index (χ1) is 7.01. The summed E-state index contributed by atoms with van der Waals surface area (Å²) in [6, 6.07) is 2.54. The number of hydrogen-bond donors (Lipinski definition) is 1. The molecule has 0 aromatic carbocycles. The Labute approximate surface area is 87.0 Å². The first-order valence-corrected chi connectivity index (χ1v) is 5.63. The lowest BCUT2D eigenvalue weighted by Crippen LogP contribution is -2.16. The Hall–Kier alpha value is -1.47. The van der Waals surface area contributed by atoms with Crippen molar-refractivity contribution < 1.29 is 17.9 Å². The van der Waals surface area contributed by atoms with E-state index in [1.165, 1.54) is 19.2 Å². The monoisotopic (exact) mass is 230 g/mol. The summed E-state index contributed by atoms with van der Waals surface area (Å²) in [6.45, 7) is 0. The van der Waals surface area contributed by atoms with Crippen LogP contribution in [0.25, 0.3) is 0 Å². The average Bonchev–Trinajstić information content (AvgIpc) is 2.28. The van der Waals surface area contributed by atoms with E-state index in [2.05, 4.69) is 9.72 Å². The number of hydrogen-bond acceptors (Lipinski definition) is 6. The van der Waals surface area contributed by atoms with Gasteiger partial charge in [0.15, 0.2) is 5.03 Å². The molecule has 0 unspecified atom stereocenters. The normalized spacial score (nSPS) is 11.1. The Morgan fingerprint density at radius 2 is 2.20 bits per heavy atom. The Bertz CT molecular complexity index is 452. The molecule has 0 spiro atoms. The molecule has 1 heterocycles. The van der Waals surface area contributed by atoms with Gasteiger partial charge in [-0.2, -0.15) is 0 Å². The Morgan fingerprint density at radius 1 is 1.53 bits per heavy atom. The zero-order valence-electron chi connectivity index (χ0n) is 8.00. The molecule has 0 atom stereocenters. The van der Waals surface area contributed by atoms with Crippen LogP contribution in [0.2, 0.25) is 0 Å². The second kappa shape index (κ2) is 4.37. The van der Waals surface area contributed by atoms with Gasteiger partial charge in [0.05, 0.1) is 12.7 Å². The van der Waals surface area contributed by atoms with E-state index in [4.69, 9.17) is 5.73 Å². The van der Waals surface area contributed by atoms with Gasteiger partial charge < -0.3 is 10.5 Å². The summed E-state index contributed by atoms with van der Waals surface area (Å²) in [4.78, 5) is 14.6. The number of rotatable bonds is 3. The Morgan fingerprint density at radius 3 is 2.60 bits per heavy atom. The predicted molar refractivity (Wildman–Crippen MR) is 51.8 cm³/mol. The first-order valence-electron chi connectivity index (χ1n) is 3.98. The first kappa shape index (κ1) is 11.6. The number of nitrogens with zero attached hydrogens (tertiary/aromatic N) is 1. The lowest BCUT2D eigenvalue weighted by Gasteiger charge is -2.01. The lowest BCUT2D eigenvalue weighted by atomic mass is 10.3. The maximum Gasteiger partial charge on any atom is 0.339 e. The highest BCUT2D eigenvalue weighted by Crippen LogP contribution is 2.07. The van der Waals surface area contributed by atoms with Crippen LogP contribution in [-0.2, 0) is 14.6 Å². The van der Waals surface area contributed by atoms with Crippen LogP contribution in [0.3, 0.4) is 0 Å². The maximum atomic E-state index is 11.2. The van der Waals surface area contributed by atoms with E-state index in [0.29, 0.717) is 0 Å².